The summed E-state index contributed by atoms with van der Waals surface area (Å²) in [5.41, 5.74) is 2.50. The number of nitrogens with zero attached hydrogens (tertiary/aromatic N) is 2. The number of rotatable bonds is 4. The van der Waals surface area contributed by atoms with Crippen molar-refractivity contribution in [3.8, 4) is 0 Å². The van der Waals surface area contributed by atoms with Crippen LogP contribution >= 0.6 is 11.3 Å². The van der Waals surface area contributed by atoms with Crippen LogP contribution in [0.4, 0.5) is 9.52 Å². The summed E-state index contributed by atoms with van der Waals surface area (Å²) in [6.07, 6.45) is 3.87. The molecule has 1 aliphatic heterocycles. The lowest BCUT2D eigenvalue weighted by atomic mass is 10.1. The molecule has 1 fully saturated rings. The predicted molar refractivity (Wildman–Crippen MR) is 103 cm³/mol. The van der Waals surface area contributed by atoms with Crippen LogP contribution in [-0.2, 0) is 6.54 Å². The average molecular weight is 369 g/mol. The summed E-state index contributed by atoms with van der Waals surface area (Å²) in [5.74, 6) is -0.502. The van der Waals surface area contributed by atoms with Crippen LogP contribution in [-0.4, -0.2) is 28.9 Å². The molecule has 134 valence electrons. The Morgan fingerprint density at radius 2 is 1.88 bits per heavy atom. The van der Waals surface area contributed by atoms with Gasteiger partial charge < -0.3 is 0 Å². The maximum absolute atomic E-state index is 13.3. The molecular weight excluding hydrogens is 349 g/mol. The van der Waals surface area contributed by atoms with Gasteiger partial charge in [-0.1, -0.05) is 29.9 Å². The van der Waals surface area contributed by atoms with Crippen molar-refractivity contribution in [3.05, 3.63) is 59.4 Å². The summed E-state index contributed by atoms with van der Waals surface area (Å²) in [4.78, 5) is 19.2. The van der Waals surface area contributed by atoms with Crippen LogP contribution in [0, 0.1) is 5.82 Å². The summed E-state index contributed by atoms with van der Waals surface area (Å²) in [6, 6.07) is 12.1. The summed E-state index contributed by atoms with van der Waals surface area (Å²) >= 11 is 1.27. The van der Waals surface area contributed by atoms with Crippen molar-refractivity contribution < 1.29 is 9.18 Å². The largest absolute Gasteiger partial charge is 0.299 e. The third-order valence-corrected chi connectivity index (χ3v) is 5.58. The predicted octanol–water partition coefficient (Wildman–Crippen LogP) is 4.67. The zero-order valence-electron chi connectivity index (χ0n) is 14.4. The molecule has 0 bridgehead atoms. The van der Waals surface area contributed by atoms with E-state index in [4.69, 9.17) is 0 Å². The minimum absolute atomic E-state index is 0.200. The molecule has 0 aliphatic carbocycles. The van der Waals surface area contributed by atoms with E-state index in [2.05, 4.69) is 15.2 Å². The highest BCUT2D eigenvalue weighted by atomic mass is 32.1. The number of likely N-dealkylation sites (tertiary alicyclic amines) is 1. The Hall–Kier alpha value is -2.31. The summed E-state index contributed by atoms with van der Waals surface area (Å²) < 4.78 is 14.0. The summed E-state index contributed by atoms with van der Waals surface area (Å²) in [5, 5.41) is 3.28. The molecule has 1 amide bonds. The van der Waals surface area contributed by atoms with Crippen LogP contribution in [0.1, 0.15) is 35.2 Å². The molecule has 1 aliphatic rings. The Kier molecular flexibility index (Phi) is 4.95. The zero-order valence-corrected chi connectivity index (χ0v) is 15.2. The van der Waals surface area contributed by atoms with Gasteiger partial charge >= 0.3 is 0 Å². The molecule has 1 N–H and O–H groups in total. The number of anilines is 1. The molecule has 0 unspecified atom stereocenters. The Labute approximate surface area is 155 Å². The number of amides is 1. The van der Waals surface area contributed by atoms with Gasteiger partial charge in [0.15, 0.2) is 5.13 Å². The molecule has 1 saturated heterocycles. The summed E-state index contributed by atoms with van der Waals surface area (Å²) in [6.45, 7) is 3.24. The molecule has 1 aromatic heterocycles. The third kappa shape index (κ3) is 3.92. The van der Waals surface area contributed by atoms with Gasteiger partial charge in [0.1, 0.15) is 5.82 Å². The van der Waals surface area contributed by atoms with E-state index in [0.29, 0.717) is 16.2 Å². The topological polar surface area (TPSA) is 45.2 Å². The number of fused-ring (bicyclic) bond motifs is 1. The van der Waals surface area contributed by atoms with Crippen molar-refractivity contribution in [3.63, 3.8) is 0 Å². The average Bonchev–Trinajstić information content (AvgIpc) is 3.04. The first kappa shape index (κ1) is 17.1. The number of piperidine rings is 1. The van der Waals surface area contributed by atoms with Gasteiger partial charge in [0.2, 0.25) is 0 Å². The van der Waals surface area contributed by atoms with Crippen molar-refractivity contribution in [2.24, 2.45) is 0 Å². The van der Waals surface area contributed by atoms with Gasteiger partial charge in [0.05, 0.1) is 10.2 Å². The second kappa shape index (κ2) is 7.51. The quantitative estimate of drug-likeness (QED) is 0.727. The van der Waals surface area contributed by atoms with E-state index in [1.165, 1.54) is 48.3 Å². The number of hydrogen-bond acceptors (Lipinski definition) is 4. The molecule has 3 aromatic rings. The minimum Gasteiger partial charge on any atom is -0.299 e. The van der Waals surface area contributed by atoms with Crippen molar-refractivity contribution in [2.75, 3.05) is 18.4 Å². The first-order chi connectivity index (χ1) is 12.7. The first-order valence-corrected chi connectivity index (χ1v) is 9.68. The van der Waals surface area contributed by atoms with E-state index in [9.17, 15) is 9.18 Å². The smallest absolute Gasteiger partial charge is 0.257 e. The first-order valence-electron chi connectivity index (χ1n) is 8.86. The van der Waals surface area contributed by atoms with E-state index in [-0.39, 0.29) is 11.7 Å². The third-order valence-electron chi connectivity index (χ3n) is 4.64. The van der Waals surface area contributed by atoms with Crippen molar-refractivity contribution >= 4 is 32.6 Å². The minimum atomic E-state index is -0.302. The Morgan fingerprint density at radius 3 is 2.65 bits per heavy atom. The van der Waals surface area contributed by atoms with Crippen LogP contribution < -0.4 is 5.32 Å². The second-order valence-electron chi connectivity index (χ2n) is 6.62. The number of carbonyl (C=O) groups is 1. The van der Waals surface area contributed by atoms with Crippen molar-refractivity contribution in [2.45, 2.75) is 25.8 Å². The SMILES string of the molecule is O=C(Nc1nc2ccc(F)cc2s1)c1ccc(CN2CCCCC2)cc1. The standard InChI is InChI=1S/C20H20FN3OS/c21-16-8-9-17-18(12-16)26-20(22-17)23-19(25)15-6-4-14(5-7-15)13-24-10-2-1-3-11-24/h4-9,12H,1-3,10-11,13H2,(H,22,23,25). The van der Waals surface area contributed by atoms with Gasteiger partial charge in [-0.2, -0.15) is 0 Å². The number of nitrogens with one attached hydrogen (secondary N) is 1. The maximum atomic E-state index is 13.3. The normalized spacial score (nSPS) is 15.3. The zero-order chi connectivity index (χ0) is 17.9. The molecule has 2 aromatic carbocycles. The molecule has 0 atom stereocenters. The van der Waals surface area contributed by atoms with Gasteiger partial charge in [0.25, 0.3) is 5.91 Å². The monoisotopic (exact) mass is 369 g/mol. The van der Waals surface area contributed by atoms with Gasteiger partial charge in [-0.25, -0.2) is 9.37 Å². The highest BCUT2D eigenvalue weighted by Crippen LogP contribution is 2.26. The molecule has 0 saturated carbocycles. The molecule has 4 nitrogen and oxygen atoms in total. The molecule has 2 heterocycles. The Morgan fingerprint density at radius 1 is 1.12 bits per heavy atom. The number of hydrogen-bond donors (Lipinski definition) is 1. The number of thiazole rings is 1. The second-order valence-corrected chi connectivity index (χ2v) is 7.65. The number of carbonyl (C=O) groups excluding carboxylic acids is 1. The number of halogens is 1. The van der Waals surface area contributed by atoms with Gasteiger partial charge in [-0.3, -0.25) is 15.0 Å². The molecule has 4 rings (SSSR count). The molecule has 0 spiro atoms. The summed E-state index contributed by atoms with van der Waals surface area (Å²) in [7, 11) is 0. The van der Waals surface area contributed by atoms with E-state index >= 15 is 0 Å². The Balaban J connectivity index is 1.42. The van der Waals surface area contributed by atoms with Crippen molar-refractivity contribution in [1.82, 2.24) is 9.88 Å². The lowest BCUT2D eigenvalue weighted by Gasteiger charge is -2.26. The van der Waals surface area contributed by atoms with Crippen LogP contribution in [0.15, 0.2) is 42.5 Å². The number of aromatic nitrogens is 1. The Bertz CT molecular complexity index is 916. The molecule has 0 radical (unpaired) electrons. The van der Waals surface area contributed by atoms with Crippen LogP contribution in [0.2, 0.25) is 0 Å². The molecule has 6 heteroatoms. The fourth-order valence-corrected chi connectivity index (χ4v) is 4.14. The number of benzene rings is 2. The van der Waals surface area contributed by atoms with E-state index in [1.54, 1.807) is 6.07 Å². The highest BCUT2D eigenvalue weighted by Gasteiger charge is 2.13. The fraction of sp³-hybridized carbons (Fsp3) is 0.300. The van der Waals surface area contributed by atoms with E-state index in [0.717, 1.165) is 24.3 Å². The maximum Gasteiger partial charge on any atom is 0.257 e. The molecule has 26 heavy (non-hydrogen) atoms. The van der Waals surface area contributed by atoms with Crippen LogP contribution in [0.3, 0.4) is 0 Å². The van der Waals surface area contributed by atoms with Crippen LogP contribution in [0.5, 0.6) is 0 Å². The fourth-order valence-electron chi connectivity index (χ4n) is 3.26. The van der Waals surface area contributed by atoms with Crippen LogP contribution in [0.25, 0.3) is 10.2 Å². The van der Waals surface area contributed by atoms with Gasteiger partial charge in [-0.15, -0.1) is 0 Å². The van der Waals surface area contributed by atoms with Gasteiger partial charge in [-0.05, 0) is 61.8 Å². The molecular formula is C20H20FN3OS. The van der Waals surface area contributed by atoms with Crippen molar-refractivity contribution in [1.29, 1.82) is 0 Å². The lowest BCUT2D eigenvalue weighted by molar-refractivity contribution is 0.102. The van der Waals surface area contributed by atoms with Gasteiger partial charge in [0, 0.05) is 12.1 Å². The van der Waals surface area contributed by atoms with E-state index in [1.807, 2.05) is 24.3 Å². The highest BCUT2D eigenvalue weighted by molar-refractivity contribution is 7.22. The van der Waals surface area contributed by atoms with E-state index < -0.39 is 0 Å². The lowest BCUT2D eigenvalue weighted by Crippen LogP contribution is -2.29.